The van der Waals surface area contributed by atoms with E-state index < -0.39 is 0 Å². The monoisotopic (exact) mass is 247 g/mol. The van der Waals surface area contributed by atoms with Gasteiger partial charge in [-0.15, -0.1) is 0 Å². The second-order valence-corrected chi connectivity index (χ2v) is 5.60. The molecule has 2 aliphatic rings. The van der Waals surface area contributed by atoms with Crippen LogP contribution in [0.5, 0.6) is 5.75 Å². The van der Waals surface area contributed by atoms with Crippen LogP contribution in [0.25, 0.3) is 0 Å². The second kappa shape index (κ2) is 4.90. The van der Waals surface area contributed by atoms with E-state index in [9.17, 15) is 10.2 Å². The molecule has 1 aromatic rings. The molecule has 1 fully saturated rings. The summed E-state index contributed by atoms with van der Waals surface area (Å²) in [4.78, 5) is 0. The molecule has 98 valence electrons. The van der Waals surface area contributed by atoms with Crippen molar-refractivity contribution < 1.29 is 10.2 Å². The van der Waals surface area contributed by atoms with Crippen LogP contribution in [0.3, 0.4) is 0 Å². The number of fused-ring (bicyclic) bond motifs is 1. The van der Waals surface area contributed by atoms with E-state index in [2.05, 4.69) is 11.4 Å². The molecule has 2 aliphatic carbocycles. The lowest BCUT2D eigenvalue weighted by atomic mass is 10.0. The molecule has 1 aromatic carbocycles. The number of aromatic hydroxyl groups is 1. The van der Waals surface area contributed by atoms with Crippen LogP contribution < -0.4 is 5.32 Å². The highest BCUT2D eigenvalue weighted by Gasteiger charge is 2.28. The first-order valence-corrected chi connectivity index (χ1v) is 6.98. The van der Waals surface area contributed by atoms with Crippen LogP contribution in [-0.2, 0) is 6.42 Å². The third kappa shape index (κ3) is 2.13. The van der Waals surface area contributed by atoms with Crippen LogP contribution in [0.15, 0.2) is 18.2 Å². The smallest absolute Gasteiger partial charge is 0.119 e. The number of hydrogen-bond donors (Lipinski definition) is 3. The fourth-order valence-corrected chi connectivity index (χ4v) is 3.40. The Kier molecular flexibility index (Phi) is 3.27. The molecule has 3 heteroatoms. The third-order valence-corrected chi connectivity index (χ3v) is 4.49. The van der Waals surface area contributed by atoms with Crippen molar-refractivity contribution in [3.8, 4) is 5.75 Å². The Morgan fingerprint density at radius 2 is 2.11 bits per heavy atom. The zero-order valence-electron chi connectivity index (χ0n) is 10.6. The van der Waals surface area contributed by atoms with Crippen LogP contribution in [0.2, 0.25) is 0 Å². The van der Waals surface area contributed by atoms with Gasteiger partial charge in [0, 0.05) is 12.6 Å². The molecule has 0 radical (unpaired) electrons. The van der Waals surface area contributed by atoms with Crippen molar-refractivity contribution in [2.24, 2.45) is 5.92 Å². The predicted octanol–water partition coefficient (Wildman–Crippen LogP) is 2.13. The third-order valence-electron chi connectivity index (χ3n) is 4.49. The number of aliphatic hydroxyl groups excluding tert-OH is 1. The van der Waals surface area contributed by atoms with Gasteiger partial charge in [0.15, 0.2) is 0 Å². The summed E-state index contributed by atoms with van der Waals surface area (Å²) in [6, 6.07) is 6.13. The number of nitrogens with one attached hydrogen (secondary N) is 1. The highest BCUT2D eigenvalue weighted by atomic mass is 16.3. The fourth-order valence-electron chi connectivity index (χ4n) is 3.40. The molecular formula is C15H21NO2. The van der Waals surface area contributed by atoms with Gasteiger partial charge in [-0.1, -0.05) is 18.6 Å². The molecule has 0 saturated heterocycles. The van der Waals surface area contributed by atoms with Gasteiger partial charge in [0.05, 0.1) is 6.10 Å². The average molecular weight is 247 g/mol. The predicted molar refractivity (Wildman–Crippen MR) is 70.5 cm³/mol. The van der Waals surface area contributed by atoms with Crippen LogP contribution in [0, 0.1) is 5.92 Å². The van der Waals surface area contributed by atoms with Gasteiger partial charge >= 0.3 is 0 Å². The number of phenols is 1. The highest BCUT2D eigenvalue weighted by molar-refractivity contribution is 5.44. The molecule has 0 heterocycles. The van der Waals surface area contributed by atoms with Crippen LogP contribution in [0.1, 0.15) is 42.9 Å². The highest BCUT2D eigenvalue weighted by Crippen LogP contribution is 2.36. The van der Waals surface area contributed by atoms with Gasteiger partial charge in [0.2, 0.25) is 0 Å². The first kappa shape index (κ1) is 12.0. The first-order valence-electron chi connectivity index (χ1n) is 6.98. The van der Waals surface area contributed by atoms with Gasteiger partial charge < -0.3 is 15.5 Å². The standard InChI is InChI=1S/C15H21NO2/c17-14-5-1-3-10(14)9-16-13-8-7-12-11(13)4-2-6-15(12)18/h2,4,6,10,13-14,16-18H,1,3,5,7-9H2. The zero-order valence-corrected chi connectivity index (χ0v) is 10.6. The lowest BCUT2D eigenvalue weighted by Crippen LogP contribution is -2.30. The van der Waals surface area contributed by atoms with Crippen LogP contribution in [-0.4, -0.2) is 22.9 Å². The summed E-state index contributed by atoms with van der Waals surface area (Å²) < 4.78 is 0. The van der Waals surface area contributed by atoms with Crippen molar-refractivity contribution >= 4 is 0 Å². The van der Waals surface area contributed by atoms with E-state index in [0.717, 1.165) is 44.2 Å². The summed E-state index contributed by atoms with van der Waals surface area (Å²) in [5, 5.41) is 23.2. The van der Waals surface area contributed by atoms with E-state index in [1.54, 1.807) is 6.07 Å². The van der Waals surface area contributed by atoms with Crippen molar-refractivity contribution in [2.45, 2.75) is 44.2 Å². The van der Waals surface area contributed by atoms with Gasteiger partial charge in [-0.3, -0.25) is 0 Å². The van der Waals surface area contributed by atoms with Gasteiger partial charge in [0.1, 0.15) is 5.75 Å². The topological polar surface area (TPSA) is 52.5 Å². The SMILES string of the molecule is Oc1cccc2c1CCC2NCC1CCCC1O. The maximum atomic E-state index is 9.82. The number of aliphatic hydroxyl groups is 1. The van der Waals surface area contributed by atoms with E-state index in [1.165, 1.54) is 5.56 Å². The van der Waals surface area contributed by atoms with E-state index in [0.29, 0.717) is 17.7 Å². The second-order valence-electron chi connectivity index (χ2n) is 5.60. The van der Waals surface area contributed by atoms with E-state index >= 15 is 0 Å². The Morgan fingerprint density at radius 1 is 1.22 bits per heavy atom. The molecule has 3 nitrogen and oxygen atoms in total. The minimum Gasteiger partial charge on any atom is -0.508 e. The molecule has 0 bridgehead atoms. The van der Waals surface area contributed by atoms with Crippen molar-refractivity contribution in [1.82, 2.24) is 5.32 Å². The lowest BCUT2D eigenvalue weighted by molar-refractivity contribution is 0.130. The molecule has 18 heavy (non-hydrogen) atoms. The Labute approximate surface area is 108 Å². The summed E-state index contributed by atoms with van der Waals surface area (Å²) in [7, 11) is 0. The Morgan fingerprint density at radius 3 is 2.89 bits per heavy atom. The van der Waals surface area contributed by atoms with Crippen LogP contribution in [0.4, 0.5) is 0 Å². The van der Waals surface area contributed by atoms with E-state index in [1.807, 2.05) is 6.07 Å². The molecule has 0 amide bonds. The minimum atomic E-state index is -0.123. The maximum absolute atomic E-state index is 9.82. The number of benzene rings is 1. The van der Waals surface area contributed by atoms with Gasteiger partial charge in [0.25, 0.3) is 0 Å². The number of rotatable bonds is 3. The van der Waals surface area contributed by atoms with E-state index in [-0.39, 0.29) is 6.10 Å². The average Bonchev–Trinajstić information content (AvgIpc) is 2.94. The largest absolute Gasteiger partial charge is 0.508 e. The molecule has 3 N–H and O–H groups in total. The summed E-state index contributed by atoms with van der Waals surface area (Å²) in [5.74, 6) is 0.837. The van der Waals surface area contributed by atoms with Crippen molar-refractivity contribution in [3.63, 3.8) is 0 Å². The lowest BCUT2D eigenvalue weighted by Gasteiger charge is -2.19. The molecule has 0 spiro atoms. The Bertz CT molecular complexity index is 433. The van der Waals surface area contributed by atoms with E-state index in [4.69, 9.17) is 0 Å². The molecule has 0 aliphatic heterocycles. The summed E-state index contributed by atoms with van der Waals surface area (Å²) in [5.41, 5.74) is 2.34. The summed E-state index contributed by atoms with van der Waals surface area (Å²) in [6.45, 7) is 0.890. The van der Waals surface area contributed by atoms with Crippen molar-refractivity contribution in [1.29, 1.82) is 0 Å². The quantitative estimate of drug-likeness (QED) is 0.767. The zero-order chi connectivity index (χ0) is 12.5. The normalized spacial score (nSPS) is 30.6. The molecule has 3 atom stereocenters. The maximum Gasteiger partial charge on any atom is 0.119 e. The summed E-state index contributed by atoms with van der Waals surface area (Å²) >= 11 is 0. The Balaban J connectivity index is 1.64. The number of phenolic OH excluding ortho intramolecular Hbond substituents is 1. The van der Waals surface area contributed by atoms with Crippen molar-refractivity contribution in [2.75, 3.05) is 6.54 Å². The van der Waals surface area contributed by atoms with Gasteiger partial charge in [-0.2, -0.15) is 0 Å². The molecule has 1 saturated carbocycles. The fraction of sp³-hybridized carbons (Fsp3) is 0.600. The van der Waals surface area contributed by atoms with Gasteiger partial charge in [-0.05, 0) is 48.8 Å². The Hall–Kier alpha value is -1.06. The minimum absolute atomic E-state index is 0.123. The molecular weight excluding hydrogens is 226 g/mol. The first-order chi connectivity index (χ1) is 8.75. The molecule has 3 rings (SSSR count). The number of hydrogen-bond acceptors (Lipinski definition) is 3. The molecule has 3 unspecified atom stereocenters. The van der Waals surface area contributed by atoms with Crippen LogP contribution >= 0.6 is 0 Å². The summed E-state index contributed by atoms with van der Waals surface area (Å²) in [6.07, 6.45) is 5.11. The van der Waals surface area contributed by atoms with Gasteiger partial charge in [-0.25, -0.2) is 0 Å². The van der Waals surface area contributed by atoms with Crippen molar-refractivity contribution in [3.05, 3.63) is 29.3 Å². The molecule has 0 aromatic heterocycles.